The highest BCUT2D eigenvalue weighted by atomic mass is 16.7. The Labute approximate surface area is 186 Å². The predicted octanol–water partition coefficient (Wildman–Crippen LogP) is 1.34. The molecule has 1 fully saturated rings. The van der Waals surface area contributed by atoms with Crippen LogP contribution in [0.5, 0.6) is 5.75 Å². The van der Waals surface area contributed by atoms with E-state index in [1.807, 2.05) is 42.5 Å². The van der Waals surface area contributed by atoms with Gasteiger partial charge in [-0.15, -0.1) is 0 Å². The Morgan fingerprint density at radius 3 is 2.44 bits per heavy atom. The van der Waals surface area contributed by atoms with E-state index >= 15 is 0 Å². The minimum absolute atomic E-state index is 0.00769. The molecule has 1 saturated heterocycles. The van der Waals surface area contributed by atoms with Crippen LogP contribution in [0.2, 0.25) is 0 Å². The smallest absolute Gasteiger partial charge is 0.407 e. The zero-order valence-corrected chi connectivity index (χ0v) is 17.8. The molecule has 0 radical (unpaired) electrons. The second-order valence-electron chi connectivity index (χ2n) is 7.49. The number of hydrogen-bond donors (Lipinski definition) is 4. The second-order valence-corrected chi connectivity index (χ2v) is 7.49. The van der Waals surface area contributed by atoms with E-state index < -0.39 is 43.3 Å². The van der Waals surface area contributed by atoms with Crippen LogP contribution in [-0.2, 0) is 27.4 Å². The molecule has 9 nitrogen and oxygen atoms in total. The van der Waals surface area contributed by atoms with E-state index in [1.165, 1.54) is 0 Å². The molecule has 1 aliphatic heterocycles. The van der Waals surface area contributed by atoms with Gasteiger partial charge in [-0.05, 0) is 23.3 Å². The van der Waals surface area contributed by atoms with Gasteiger partial charge in [-0.2, -0.15) is 0 Å². The average Bonchev–Trinajstić information content (AvgIpc) is 2.83. The Kier molecular flexibility index (Phi) is 8.83. The first kappa shape index (κ1) is 24.0. The number of hydrogen-bond acceptors (Lipinski definition) is 8. The number of alkyl carbamates (subject to hydrolysis) is 1. The number of carbonyl (C=O) groups is 1. The molecule has 0 aliphatic carbocycles. The van der Waals surface area contributed by atoms with Gasteiger partial charge in [-0.1, -0.05) is 42.5 Å². The summed E-state index contributed by atoms with van der Waals surface area (Å²) in [4.78, 5) is 12.2. The highest BCUT2D eigenvalue weighted by Gasteiger charge is 2.41. The van der Waals surface area contributed by atoms with Crippen LogP contribution < -0.4 is 10.1 Å². The van der Waals surface area contributed by atoms with Crippen LogP contribution in [0.25, 0.3) is 0 Å². The van der Waals surface area contributed by atoms with Crippen LogP contribution in [0.4, 0.5) is 4.79 Å². The topological polar surface area (TPSA) is 127 Å². The summed E-state index contributed by atoms with van der Waals surface area (Å²) in [5.41, 5.74) is 1.64. The van der Waals surface area contributed by atoms with Crippen molar-refractivity contribution in [3.05, 3.63) is 65.7 Å². The van der Waals surface area contributed by atoms with Gasteiger partial charge in [-0.25, -0.2) is 4.79 Å². The number of benzene rings is 2. The quantitative estimate of drug-likeness (QED) is 0.454. The van der Waals surface area contributed by atoms with Crippen molar-refractivity contribution in [3.8, 4) is 5.75 Å². The molecule has 9 heteroatoms. The Hall–Kier alpha value is -2.69. The average molecular weight is 447 g/mol. The first-order chi connectivity index (χ1) is 15.5. The minimum Gasteiger partial charge on any atom is -0.497 e. The van der Waals surface area contributed by atoms with E-state index in [0.717, 1.165) is 11.1 Å². The number of nitrogens with one attached hydrogen (secondary N) is 1. The Morgan fingerprint density at radius 1 is 1.09 bits per heavy atom. The van der Waals surface area contributed by atoms with E-state index in [9.17, 15) is 20.1 Å². The standard InChI is InChI=1S/C23H29NO8/c1-29-17-9-7-16(8-10-17)13-30-22-21(27)19(26)11-20(32-22)18(12-25)24-23(28)31-14-15-5-3-2-4-6-15/h2-10,18-22,25-27H,11-14H2,1H3,(H,24,28)/t18-,19-,20+,21-,22-/m1/s1. The van der Waals surface area contributed by atoms with Gasteiger partial charge in [0, 0.05) is 6.42 Å². The van der Waals surface area contributed by atoms with E-state index in [0.29, 0.717) is 5.75 Å². The molecule has 0 saturated carbocycles. The Morgan fingerprint density at radius 2 is 1.78 bits per heavy atom. The molecule has 1 aliphatic rings. The summed E-state index contributed by atoms with van der Waals surface area (Å²) in [6, 6.07) is 15.5. The number of aliphatic hydroxyl groups excluding tert-OH is 3. The fourth-order valence-corrected chi connectivity index (χ4v) is 3.34. The highest BCUT2D eigenvalue weighted by molar-refractivity contribution is 5.67. The fraction of sp³-hybridized carbons (Fsp3) is 0.435. The number of carbonyl (C=O) groups excluding carboxylic acids is 1. The molecule has 0 spiro atoms. The Bertz CT molecular complexity index is 832. The van der Waals surface area contributed by atoms with Gasteiger partial charge in [0.05, 0.1) is 38.6 Å². The van der Waals surface area contributed by atoms with Crippen molar-refractivity contribution in [2.75, 3.05) is 13.7 Å². The zero-order chi connectivity index (χ0) is 22.9. The van der Waals surface area contributed by atoms with Crippen molar-refractivity contribution in [1.82, 2.24) is 5.32 Å². The van der Waals surface area contributed by atoms with E-state index in [4.69, 9.17) is 18.9 Å². The summed E-state index contributed by atoms with van der Waals surface area (Å²) in [7, 11) is 1.57. The second kappa shape index (κ2) is 11.8. The van der Waals surface area contributed by atoms with Gasteiger partial charge in [0.1, 0.15) is 18.5 Å². The maximum atomic E-state index is 12.2. The van der Waals surface area contributed by atoms with Gasteiger partial charge < -0.3 is 39.6 Å². The molecular weight excluding hydrogens is 418 g/mol. The molecule has 2 aromatic rings. The molecule has 0 aromatic heterocycles. The zero-order valence-electron chi connectivity index (χ0n) is 17.8. The summed E-state index contributed by atoms with van der Waals surface area (Å²) in [5.74, 6) is 0.703. The van der Waals surface area contributed by atoms with Gasteiger partial charge in [0.25, 0.3) is 0 Å². The molecule has 3 rings (SSSR count). The fourth-order valence-electron chi connectivity index (χ4n) is 3.34. The number of aliphatic hydroxyl groups is 3. The molecule has 174 valence electrons. The van der Waals surface area contributed by atoms with Crippen LogP contribution >= 0.6 is 0 Å². The van der Waals surface area contributed by atoms with E-state index in [1.54, 1.807) is 19.2 Å². The number of methoxy groups -OCH3 is 1. The molecular formula is C23H29NO8. The molecule has 0 unspecified atom stereocenters. The van der Waals surface area contributed by atoms with Crippen LogP contribution in [0, 0.1) is 0 Å². The van der Waals surface area contributed by atoms with Crippen molar-refractivity contribution < 1.29 is 39.1 Å². The van der Waals surface area contributed by atoms with Crippen LogP contribution in [0.1, 0.15) is 17.5 Å². The third-order valence-electron chi connectivity index (χ3n) is 5.19. The van der Waals surface area contributed by atoms with Crippen molar-refractivity contribution in [2.45, 2.75) is 50.3 Å². The lowest BCUT2D eigenvalue weighted by molar-refractivity contribution is -0.275. The van der Waals surface area contributed by atoms with Crippen molar-refractivity contribution >= 4 is 6.09 Å². The monoisotopic (exact) mass is 447 g/mol. The molecule has 2 aromatic carbocycles. The SMILES string of the molecule is COc1ccc(CO[C@@H]2O[C@H]([C@@H](CO)NC(=O)OCc3ccccc3)C[C@@H](O)[C@H]2O)cc1. The molecule has 5 atom stereocenters. The number of rotatable bonds is 9. The summed E-state index contributed by atoms with van der Waals surface area (Å²) >= 11 is 0. The number of ether oxygens (including phenoxy) is 4. The summed E-state index contributed by atoms with van der Waals surface area (Å²) < 4.78 is 21.7. The van der Waals surface area contributed by atoms with Crippen LogP contribution in [0.3, 0.4) is 0 Å². The van der Waals surface area contributed by atoms with Crippen molar-refractivity contribution in [3.63, 3.8) is 0 Å². The maximum absolute atomic E-state index is 12.2. The summed E-state index contributed by atoms with van der Waals surface area (Å²) in [5, 5.41) is 32.8. The maximum Gasteiger partial charge on any atom is 0.407 e. The van der Waals surface area contributed by atoms with Crippen molar-refractivity contribution in [1.29, 1.82) is 0 Å². The summed E-state index contributed by atoms with van der Waals surface area (Å²) in [6.07, 6.45) is -5.06. The third-order valence-corrected chi connectivity index (χ3v) is 5.19. The van der Waals surface area contributed by atoms with Gasteiger partial charge in [-0.3, -0.25) is 0 Å². The lowest BCUT2D eigenvalue weighted by atomic mass is 9.97. The van der Waals surface area contributed by atoms with Crippen LogP contribution in [-0.4, -0.2) is 65.8 Å². The molecule has 32 heavy (non-hydrogen) atoms. The first-order valence-electron chi connectivity index (χ1n) is 10.3. The van der Waals surface area contributed by atoms with Gasteiger partial charge in [0.15, 0.2) is 6.29 Å². The normalized spacial score (nSPS) is 23.9. The molecule has 1 amide bonds. The summed E-state index contributed by atoms with van der Waals surface area (Å²) in [6.45, 7) is -0.244. The largest absolute Gasteiger partial charge is 0.497 e. The first-order valence-corrected chi connectivity index (χ1v) is 10.3. The van der Waals surface area contributed by atoms with E-state index in [2.05, 4.69) is 5.32 Å². The van der Waals surface area contributed by atoms with Gasteiger partial charge in [0.2, 0.25) is 0 Å². The minimum atomic E-state index is -1.27. The van der Waals surface area contributed by atoms with Crippen LogP contribution in [0.15, 0.2) is 54.6 Å². The predicted molar refractivity (Wildman–Crippen MR) is 114 cm³/mol. The highest BCUT2D eigenvalue weighted by Crippen LogP contribution is 2.25. The van der Waals surface area contributed by atoms with Gasteiger partial charge >= 0.3 is 6.09 Å². The van der Waals surface area contributed by atoms with E-state index in [-0.39, 0.29) is 19.6 Å². The lowest BCUT2D eigenvalue weighted by Gasteiger charge is -2.39. The lowest BCUT2D eigenvalue weighted by Crippen LogP contribution is -2.57. The molecule has 1 heterocycles. The third kappa shape index (κ3) is 6.65. The van der Waals surface area contributed by atoms with Crippen molar-refractivity contribution in [2.24, 2.45) is 0 Å². The Balaban J connectivity index is 1.54. The molecule has 0 bridgehead atoms. The molecule has 4 N–H and O–H groups in total. The number of amides is 1.